The Balaban J connectivity index is 1.60. The van der Waals surface area contributed by atoms with Crippen LogP contribution in [-0.4, -0.2) is 22.4 Å². The highest BCUT2D eigenvalue weighted by molar-refractivity contribution is 7.22. The Labute approximate surface area is 154 Å². The van der Waals surface area contributed by atoms with Gasteiger partial charge in [-0.05, 0) is 37.6 Å². The van der Waals surface area contributed by atoms with E-state index < -0.39 is 0 Å². The Morgan fingerprint density at radius 3 is 2.81 bits per heavy atom. The number of rotatable bonds is 4. The normalized spacial score (nSPS) is 11.6. The van der Waals surface area contributed by atoms with Gasteiger partial charge in [0.15, 0.2) is 10.7 Å². The van der Waals surface area contributed by atoms with Gasteiger partial charge in [0.25, 0.3) is 5.91 Å². The smallest absolute Gasteiger partial charge is 0.252 e. The highest BCUT2D eigenvalue weighted by Gasteiger charge is 2.17. The molecule has 0 aliphatic rings. The fourth-order valence-corrected chi connectivity index (χ4v) is 3.88. The average molecular weight is 363 g/mol. The molecule has 0 aliphatic heterocycles. The van der Waals surface area contributed by atoms with Gasteiger partial charge in [-0.25, -0.2) is 9.97 Å². The lowest BCUT2D eigenvalue weighted by molar-refractivity contribution is -0.114. The van der Waals surface area contributed by atoms with Gasteiger partial charge in [0.1, 0.15) is 5.52 Å². The quantitative estimate of drug-likeness (QED) is 0.488. The van der Waals surface area contributed by atoms with Crippen LogP contribution in [0.25, 0.3) is 27.4 Å². The molecular formula is C20H17N3O2S. The van der Waals surface area contributed by atoms with Gasteiger partial charge in [-0.2, -0.15) is 0 Å². The summed E-state index contributed by atoms with van der Waals surface area (Å²) in [6.07, 6.45) is 3.08. The fourth-order valence-electron chi connectivity index (χ4n) is 2.77. The zero-order chi connectivity index (χ0) is 18.1. The summed E-state index contributed by atoms with van der Waals surface area (Å²) in [5.41, 5.74) is 3.53. The first-order valence-electron chi connectivity index (χ1n) is 8.37. The number of aryl methyl sites for hydroxylation is 1. The van der Waals surface area contributed by atoms with Crippen LogP contribution >= 0.6 is 11.3 Å². The summed E-state index contributed by atoms with van der Waals surface area (Å²) in [5, 5.41) is 0.698. The van der Waals surface area contributed by atoms with Gasteiger partial charge in [-0.1, -0.05) is 35.6 Å². The molecule has 0 N–H and O–H groups in total. The van der Waals surface area contributed by atoms with Crippen LogP contribution in [-0.2, 0) is 4.79 Å². The number of hydrogen-bond donors (Lipinski definition) is 0. The molecule has 6 heteroatoms. The Morgan fingerprint density at radius 2 is 2.04 bits per heavy atom. The number of amides is 1. The molecule has 2 aromatic carbocycles. The minimum absolute atomic E-state index is 0.147. The van der Waals surface area contributed by atoms with E-state index in [4.69, 9.17) is 4.42 Å². The third kappa shape index (κ3) is 2.99. The number of fused-ring (bicyclic) bond motifs is 2. The maximum absolute atomic E-state index is 12.7. The largest absolute Gasteiger partial charge is 0.437 e. The van der Waals surface area contributed by atoms with Crippen LogP contribution in [0.3, 0.4) is 0 Å². The standard InChI is InChI=1S/C20H17N3O2S/c1-3-23(20-22-19-13(2)7-6-10-16(19)26-20)18(24)12-11-17-21-14-8-4-5-9-15(14)25-17/h4-12H,3H2,1-2H3. The first kappa shape index (κ1) is 16.5. The van der Waals surface area contributed by atoms with E-state index in [1.165, 1.54) is 17.4 Å². The highest BCUT2D eigenvalue weighted by atomic mass is 32.1. The van der Waals surface area contributed by atoms with Crippen molar-refractivity contribution in [3.8, 4) is 0 Å². The van der Waals surface area contributed by atoms with E-state index in [9.17, 15) is 4.79 Å². The maximum Gasteiger partial charge on any atom is 0.252 e. The molecule has 26 heavy (non-hydrogen) atoms. The summed E-state index contributed by atoms with van der Waals surface area (Å²) in [6.45, 7) is 4.50. The molecule has 0 radical (unpaired) electrons. The molecule has 0 aliphatic carbocycles. The van der Waals surface area contributed by atoms with Crippen molar-refractivity contribution in [2.75, 3.05) is 11.4 Å². The van der Waals surface area contributed by atoms with E-state index in [0.29, 0.717) is 23.2 Å². The lowest BCUT2D eigenvalue weighted by Crippen LogP contribution is -2.28. The number of anilines is 1. The molecule has 0 fully saturated rings. The number of hydrogen-bond acceptors (Lipinski definition) is 5. The molecule has 2 heterocycles. The summed E-state index contributed by atoms with van der Waals surface area (Å²) >= 11 is 1.52. The molecule has 4 aromatic rings. The molecule has 2 aromatic heterocycles. The molecule has 5 nitrogen and oxygen atoms in total. The lowest BCUT2D eigenvalue weighted by atomic mass is 10.2. The molecular weight excluding hydrogens is 346 g/mol. The molecule has 0 spiro atoms. The fraction of sp³-hybridized carbons (Fsp3) is 0.150. The first-order valence-corrected chi connectivity index (χ1v) is 9.18. The molecule has 4 rings (SSSR count). The zero-order valence-electron chi connectivity index (χ0n) is 14.5. The average Bonchev–Trinajstić information content (AvgIpc) is 3.25. The number of likely N-dealkylation sites (N-methyl/N-ethyl adjacent to an activating group) is 1. The topological polar surface area (TPSA) is 59.2 Å². The van der Waals surface area contributed by atoms with Crippen LogP contribution in [0.2, 0.25) is 0 Å². The Bertz CT molecular complexity index is 1090. The van der Waals surface area contributed by atoms with E-state index in [-0.39, 0.29) is 5.91 Å². The van der Waals surface area contributed by atoms with Gasteiger partial charge >= 0.3 is 0 Å². The predicted octanol–water partition coefficient (Wildman–Crippen LogP) is 4.81. The number of thiazole rings is 1. The van der Waals surface area contributed by atoms with Gasteiger partial charge in [0, 0.05) is 18.7 Å². The number of oxazole rings is 1. The second-order valence-corrected chi connectivity index (χ2v) is 6.86. The molecule has 0 atom stereocenters. The van der Waals surface area contributed by atoms with E-state index in [2.05, 4.69) is 9.97 Å². The number of para-hydroxylation sites is 3. The van der Waals surface area contributed by atoms with Gasteiger partial charge in [-0.15, -0.1) is 0 Å². The van der Waals surface area contributed by atoms with Crippen LogP contribution < -0.4 is 4.90 Å². The van der Waals surface area contributed by atoms with Crippen LogP contribution in [0.4, 0.5) is 5.13 Å². The molecule has 0 saturated heterocycles. The van der Waals surface area contributed by atoms with Crippen LogP contribution in [0, 0.1) is 6.92 Å². The van der Waals surface area contributed by atoms with Crippen molar-refractivity contribution in [3.05, 3.63) is 60.0 Å². The third-order valence-corrected chi connectivity index (χ3v) is 5.15. The molecule has 130 valence electrons. The van der Waals surface area contributed by atoms with E-state index in [1.807, 2.05) is 56.3 Å². The van der Waals surface area contributed by atoms with Gasteiger partial charge in [0.2, 0.25) is 5.89 Å². The monoisotopic (exact) mass is 363 g/mol. The molecule has 0 unspecified atom stereocenters. The van der Waals surface area contributed by atoms with Crippen molar-refractivity contribution >= 4 is 49.8 Å². The number of benzene rings is 2. The van der Waals surface area contributed by atoms with Crippen molar-refractivity contribution in [2.45, 2.75) is 13.8 Å². The Kier molecular flexibility index (Phi) is 4.26. The van der Waals surface area contributed by atoms with Gasteiger partial charge < -0.3 is 4.42 Å². The lowest BCUT2D eigenvalue weighted by Gasteiger charge is -2.14. The number of aromatic nitrogens is 2. The van der Waals surface area contributed by atoms with Crippen LogP contribution in [0.1, 0.15) is 18.4 Å². The summed E-state index contributed by atoms with van der Waals surface area (Å²) < 4.78 is 6.70. The molecule has 1 amide bonds. The van der Waals surface area contributed by atoms with Crippen molar-refractivity contribution < 1.29 is 9.21 Å². The van der Waals surface area contributed by atoms with Crippen molar-refractivity contribution in [2.24, 2.45) is 0 Å². The molecule has 0 bridgehead atoms. The van der Waals surface area contributed by atoms with Gasteiger partial charge in [-0.3, -0.25) is 9.69 Å². The number of carbonyl (C=O) groups excluding carboxylic acids is 1. The Morgan fingerprint density at radius 1 is 1.19 bits per heavy atom. The van der Waals surface area contributed by atoms with E-state index >= 15 is 0 Å². The summed E-state index contributed by atoms with van der Waals surface area (Å²) in [4.78, 5) is 23.3. The predicted molar refractivity (Wildman–Crippen MR) is 105 cm³/mol. The number of carbonyl (C=O) groups is 1. The minimum atomic E-state index is -0.147. The summed E-state index contributed by atoms with van der Waals surface area (Å²) in [6, 6.07) is 13.6. The SMILES string of the molecule is CCN(C(=O)C=Cc1nc2ccccc2o1)c1nc2c(C)cccc2s1. The maximum atomic E-state index is 12.7. The van der Waals surface area contributed by atoms with Crippen molar-refractivity contribution in [1.29, 1.82) is 0 Å². The second kappa shape index (κ2) is 6.72. The number of nitrogens with zero attached hydrogens (tertiary/aromatic N) is 3. The summed E-state index contributed by atoms with van der Waals surface area (Å²) in [5.74, 6) is 0.266. The van der Waals surface area contributed by atoms with Crippen molar-refractivity contribution in [3.63, 3.8) is 0 Å². The van der Waals surface area contributed by atoms with Crippen LogP contribution in [0.5, 0.6) is 0 Å². The van der Waals surface area contributed by atoms with Crippen LogP contribution in [0.15, 0.2) is 53.0 Å². The van der Waals surface area contributed by atoms with Gasteiger partial charge in [0.05, 0.1) is 10.2 Å². The molecule has 0 saturated carbocycles. The first-order chi connectivity index (χ1) is 12.7. The van der Waals surface area contributed by atoms with E-state index in [1.54, 1.807) is 11.0 Å². The highest BCUT2D eigenvalue weighted by Crippen LogP contribution is 2.30. The zero-order valence-corrected chi connectivity index (χ0v) is 15.3. The van der Waals surface area contributed by atoms with Crippen molar-refractivity contribution in [1.82, 2.24) is 9.97 Å². The minimum Gasteiger partial charge on any atom is -0.437 e. The third-order valence-electron chi connectivity index (χ3n) is 4.10. The summed E-state index contributed by atoms with van der Waals surface area (Å²) in [7, 11) is 0. The second-order valence-electron chi connectivity index (χ2n) is 5.85. The Hall–Kier alpha value is -2.99. The van der Waals surface area contributed by atoms with E-state index in [0.717, 1.165) is 21.3 Å².